The number of phenolic OH excluding ortho intramolecular Hbond substituents is 2. The van der Waals surface area contributed by atoms with Crippen LogP contribution in [-0.2, 0) is 17.8 Å². The third kappa shape index (κ3) is 2.83. The van der Waals surface area contributed by atoms with Gasteiger partial charge in [0.05, 0.1) is 11.1 Å². The molecule has 0 radical (unpaired) electrons. The molecular formula is C17H19ClN4O3. The minimum Gasteiger partial charge on any atom is -0.507 e. The van der Waals surface area contributed by atoms with Crippen LogP contribution in [0, 0.1) is 0 Å². The van der Waals surface area contributed by atoms with Crippen molar-refractivity contribution in [3.05, 3.63) is 28.4 Å². The van der Waals surface area contributed by atoms with E-state index in [1.54, 1.807) is 0 Å². The van der Waals surface area contributed by atoms with Gasteiger partial charge >= 0.3 is 0 Å². The van der Waals surface area contributed by atoms with Gasteiger partial charge in [-0.05, 0) is 25.5 Å². The minimum absolute atomic E-state index is 0.0999. The second-order valence-corrected chi connectivity index (χ2v) is 6.92. The SMILES string of the molecule is O=C([C@H]1CCCN1)N1CCc2[nH]nc(-c3cc(Cl)c(O)cc3O)c2C1. The predicted octanol–water partition coefficient (Wildman–Crippen LogP) is 1.78. The third-order valence-corrected chi connectivity index (χ3v) is 5.23. The van der Waals surface area contributed by atoms with Crippen LogP contribution in [0.4, 0.5) is 0 Å². The predicted molar refractivity (Wildman–Crippen MR) is 92.5 cm³/mol. The molecule has 0 saturated carbocycles. The largest absolute Gasteiger partial charge is 0.507 e. The number of benzene rings is 1. The summed E-state index contributed by atoms with van der Waals surface area (Å²) < 4.78 is 0. The molecule has 1 aromatic carbocycles. The zero-order valence-corrected chi connectivity index (χ0v) is 14.3. The summed E-state index contributed by atoms with van der Waals surface area (Å²) in [6.45, 7) is 1.97. The topological polar surface area (TPSA) is 101 Å². The summed E-state index contributed by atoms with van der Waals surface area (Å²) in [5.41, 5.74) is 2.84. The number of nitrogens with one attached hydrogen (secondary N) is 2. The van der Waals surface area contributed by atoms with Gasteiger partial charge in [-0.25, -0.2) is 0 Å². The quantitative estimate of drug-likeness (QED) is 0.652. The molecule has 132 valence electrons. The van der Waals surface area contributed by atoms with E-state index in [0.717, 1.165) is 30.6 Å². The molecule has 2 aliphatic heterocycles. The molecule has 2 aliphatic rings. The Morgan fingerprint density at radius 2 is 2.16 bits per heavy atom. The summed E-state index contributed by atoms with van der Waals surface area (Å²) in [5, 5.41) is 30.5. The number of aromatic hydroxyl groups is 2. The fraction of sp³-hybridized carbons (Fsp3) is 0.412. The van der Waals surface area contributed by atoms with Crippen LogP contribution in [0.5, 0.6) is 11.5 Å². The maximum Gasteiger partial charge on any atom is 0.240 e. The summed E-state index contributed by atoms with van der Waals surface area (Å²) in [6, 6.07) is 2.59. The molecule has 1 aromatic heterocycles. The number of carbonyl (C=O) groups excluding carboxylic acids is 1. The second kappa shape index (κ2) is 6.24. The highest BCUT2D eigenvalue weighted by Gasteiger charge is 2.31. The van der Waals surface area contributed by atoms with Gasteiger partial charge in [-0.2, -0.15) is 5.10 Å². The lowest BCUT2D eigenvalue weighted by Crippen LogP contribution is -2.45. The smallest absolute Gasteiger partial charge is 0.240 e. The van der Waals surface area contributed by atoms with Crippen molar-refractivity contribution in [1.82, 2.24) is 20.4 Å². The van der Waals surface area contributed by atoms with Crippen LogP contribution in [0.25, 0.3) is 11.3 Å². The molecule has 0 bridgehead atoms. The van der Waals surface area contributed by atoms with E-state index in [0.29, 0.717) is 30.8 Å². The monoisotopic (exact) mass is 362 g/mol. The van der Waals surface area contributed by atoms with E-state index in [9.17, 15) is 15.0 Å². The number of nitrogens with zero attached hydrogens (tertiary/aromatic N) is 2. The number of phenols is 2. The summed E-state index contributed by atoms with van der Waals surface area (Å²) in [6.07, 6.45) is 2.58. The number of rotatable bonds is 2. The van der Waals surface area contributed by atoms with Gasteiger partial charge in [0.15, 0.2) is 0 Å². The standard InChI is InChI=1S/C17H19ClN4O3/c18-11-6-9(14(23)7-15(11)24)16-10-8-22(5-3-12(10)20-21-16)17(25)13-2-1-4-19-13/h6-7,13,19,23-24H,1-5,8H2,(H,20,21)/t13-/m1/s1. The Labute approximate surface area is 149 Å². The van der Waals surface area contributed by atoms with Crippen molar-refractivity contribution in [3.63, 3.8) is 0 Å². The number of aromatic amines is 1. The van der Waals surface area contributed by atoms with Gasteiger partial charge < -0.3 is 20.4 Å². The van der Waals surface area contributed by atoms with E-state index in [2.05, 4.69) is 15.5 Å². The highest BCUT2D eigenvalue weighted by atomic mass is 35.5. The van der Waals surface area contributed by atoms with E-state index >= 15 is 0 Å². The van der Waals surface area contributed by atoms with E-state index in [4.69, 9.17) is 11.6 Å². The highest BCUT2D eigenvalue weighted by Crippen LogP contribution is 2.39. The lowest BCUT2D eigenvalue weighted by atomic mass is 9.99. The van der Waals surface area contributed by atoms with Crippen molar-refractivity contribution in [1.29, 1.82) is 0 Å². The third-order valence-electron chi connectivity index (χ3n) is 4.92. The average Bonchev–Trinajstić information content (AvgIpc) is 3.26. The molecule has 8 heteroatoms. The first-order valence-corrected chi connectivity index (χ1v) is 8.72. The fourth-order valence-electron chi connectivity index (χ4n) is 3.56. The maximum absolute atomic E-state index is 12.7. The number of fused-ring (bicyclic) bond motifs is 1. The van der Waals surface area contributed by atoms with E-state index in [1.165, 1.54) is 12.1 Å². The van der Waals surface area contributed by atoms with Gasteiger partial charge in [0.2, 0.25) is 5.91 Å². The molecule has 4 N–H and O–H groups in total. The van der Waals surface area contributed by atoms with Crippen LogP contribution in [0.2, 0.25) is 5.02 Å². The lowest BCUT2D eigenvalue weighted by Gasteiger charge is -2.29. The summed E-state index contributed by atoms with van der Waals surface area (Å²) in [5.74, 6) is -0.170. The van der Waals surface area contributed by atoms with Crippen molar-refractivity contribution in [2.75, 3.05) is 13.1 Å². The van der Waals surface area contributed by atoms with Crippen LogP contribution < -0.4 is 5.32 Å². The van der Waals surface area contributed by atoms with Crippen molar-refractivity contribution in [3.8, 4) is 22.8 Å². The Balaban J connectivity index is 1.65. The zero-order valence-electron chi connectivity index (χ0n) is 13.5. The number of aromatic nitrogens is 2. The molecule has 0 unspecified atom stereocenters. The first kappa shape index (κ1) is 16.2. The summed E-state index contributed by atoms with van der Waals surface area (Å²) >= 11 is 5.98. The average molecular weight is 363 g/mol. The van der Waals surface area contributed by atoms with E-state index < -0.39 is 0 Å². The Hall–Kier alpha value is -2.25. The molecule has 1 fully saturated rings. The van der Waals surface area contributed by atoms with E-state index in [-0.39, 0.29) is 28.5 Å². The van der Waals surface area contributed by atoms with Gasteiger partial charge in [0.25, 0.3) is 0 Å². The normalized spacial score (nSPS) is 19.9. The number of halogens is 1. The van der Waals surface area contributed by atoms with Crippen molar-refractivity contribution >= 4 is 17.5 Å². The maximum atomic E-state index is 12.7. The lowest BCUT2D eigenvalue weighted by molar-refractivity contribution is -0.134. The number of carbonyl (C=O) groups is 1. The molecular weight excluding hydrogens is 344 g/mol. The molecule has 25 heavy (non-hydrogen) atoms. The molecule has 3 heterocycles. The molecule has 2 aromatic rings. The summed E-state index contributed by atoms with van der Waals surface area (Å²) in [4.78, 5) is 14.5. The van der Waals surface area contributed by atoms with Crippen molar-refractivity contribution < 1.29 is 15.0 Å². The molecule has 7 nitrogen and oxygen atoms in total. The van der Waals surface area contributed by atoms with Gasteiger partial charge in [-0.15, -0.1) is 0 Å². The summed E-state index contributed by atoms with van der Waals surface area (Å²) in [7, 11) is 0. The molecule has 4 rings (SSSR count). The number of hydrogen-bond donors (Lipinski definition) is 4. The highest BCUT2D eigenvalue weighted by molar-refractivity contribution is 6.32. The first-order valence-electron chi connectivity index (χ1n) is 8.34. The second-order valence-electron chi connectivity index (χ2n) is 6.51. The van der Waals surface area contributed by atoms with Crippen LogP contribution >= 0.6 is 11.6 Å². The Morgan fingerprint density at radius 1 is 1.32 bits per heavy atom. The Kier molecular flexibility index (Phi) is 4.05. The van der Waals surface area contributed by atoms with Crippen LogP contribution in [-0.4, -0.2) is 50.3 Å². The zero-order chi connectivity index (χ0) is 17.6. The number of hydrogen-bond acceptors (Lipinski definition) is 5. The van der Waals surface area contributed by atoms with Crippen LogP contribution in [0.15, 0.2) is 12.1 Å². The van der Waals surface area contributed by atoms with Gasteiger partial charge in [-0.3, -0.25) is 9.89 Å². The van der Waals surface area contributed by atoms with Gasteiger partial charge in [0.1, 0.15) is 17.2 Å². The van der Waals surface area contributed by atoms with E-state index in [1.807, 2.05) is 4.90 Å². The van der Waals surface area contributed by atoms with Gasteiger partial charge in [0, 0.05) is 42.4 Å². The van der Waals surface area contributed by atoms with Crippen molar-refractivity contribution in [2.24, 2.45) is 0 Å². The Morgan fingerprint density at radius 3 is 2.92 bits per heavy atom. The number of amides is 1. The first-order chi connectivity index (χ1) is 12.0. The minimum atomic E-state index is -0.184. The van der Waals surface area contributed by atoms with Crippen LogP contribution in [0.3, 0.4) is 0 Å². The molecule has 0 spiro atoms. The molecule has 1 atom stereocenters. The van der Waals surface area contributed by atoms with Crippen molar-refractivity contribution in [2.45, 2.75) is 31.8 Å². The number of H-pyrrole nitrogens is 1. The van der Waals surface area contributed by atoms with Crippen LogP contribution in [0.1, 0.15) is 24.1 Å². The fourth-order valence-corrected chi connectivity index (χ4v) is 3.73. The molecule has 0 aliphatic carbocycles. The Bertz CT molecular complexity index is 830. The molecule has 1 amide bonds. The molecule has 1 saturated heterocycles. The van der Waals surface area contributed by atoms with Gasteiger partial charge in [-0.1, -0.05) is 11.6 Å².